The van der Waals surface area contributed by atoms with E-state index in [2.05, 4.69) is 10.6 Å². The molecule has 2 aromatic rings. The summed E-state index contributed by atoms with van der Waals surface area (Å²) in [5.74, 6) is -2.44. The summed E-state index contributed by atoms with van der Waals surface area (Å²) >= 11 is 0. The molecule has 1 saturated carbocycles. The molecule has 40 heavy (non-hydrogen) atoms. The van der Waals surface area contributed by atoms with E-state index >= 15 is 0 Å². The Kier molecular flexibility index (Phi) is 11.6. The fraction of sp³-hybridized carbons (Fsp3) is 0.531. The largest absolute Gasteiger partial charge is 0.356 e. The van der Waals surface area contributed by atoms with Crippen molar-refractivity contribution in [3.8, 4) is 0 Å². The third-order valence-corrected chi connectivity index (χ3v) is 7.56. The molecule has 3 amide bonds. The van der Waals surface area contributed by atoms with Gasteiger partial charge in [0.2, 0.25) is 5.91 Å². The van der Waals surface area contributed by atoms with Gasteiger partial charge in [-0.05, 0) is 80.2 Å². The predicted octanol–water partition coefficient (Wildman–Crippen LogP) is 5.76. The summed E-state index contributed by atoms with van der Waals surface area (Å²) in [5, 5.41) is 5.99. The summed E-state index contributed by atoms with van der Waals surface area (Å²) in [6.07, 6.45) is 4.46. The predicted molar refractivity (Wildman–Crippen MR) is 153 cm³/mol. The third-order valence-electron chi connectivity index (χ3n) is 7.56. The number of benzene rings is 2. The fourth-order valence-electron chi connectivity index (χ4n) is 4.99. The Labute approximate surface area is 236 Å². The molecular formula is C32H43F2N3O3. The van der Waals surface area contributed by atoms with Gasteiger partial charge in [-0.3, -0.25) is 14.4 Å². The first-order valence-corrected chi connectivity index (χ1v) is 14.5. The summed E-state index contributed by atoms with van der Waals surface area (Å²) in [5.41, 5.74) is 0.893. The zero-order valence-electron chi connectivity index (χ0n) is 24.1. The molecule has 218 valence electrons. The second kappa shape index (κ2) is 14.9. The molecule has 0 aliphatic heterocycles. The Morgan fingerprint density at radius 3 is 2.27 bits per heavy atom. The quantitative estimate of drug-likeness (QED) is 0.294. The number of nitrogens with zero attached hydrogens (tertiary/aromatic N) is 1. The van der Waals surface area contributed by atoms with E-state index in [0.717, 1.165) is 31.7 Å². The van der Waals surface area contributed by atoms with Gasteiger partial charge in [-0.2, -0.15) is 0 Å². The Hall–Kier alpha value is -3.29. The summed E-state index contributed by atoms with van der Waals surface area (Å²) in [6, 6.07) is 10.0. The van der Waals surface area contributed by atoms with Gasteiger partial charge < -0.3 is 15.5 Å². The van der Waals surface area contributed by atoms with Crippen LogP contribution in [-0.2, 0) is 11.2 Å². The molecule has 0 unspecified atom stereocenters. The maximum atomic E-state index is 14.6. The van der Waals surface area contributed by atoms with Crippen LogP contribution < -0.4 is 10.6 Å². The number of rotatable bonds is 15. The maximum Gasteiger partial charge on any atom is 0.253 e. The van der Waals surface area contributed by atoms with E-state index in [1.807, 2.05) is 27.7 Å². The molecule has 1 aliphatic carbocycles. The number of amides is 3. The monoisotopic (exact) mass is 555 g/mol. The van der Waals surface area contributed by atoms with Gasteiger partial charge in [-0.15, -0.1) is 0 Å². The Morgan fingerprint density at radius 1 is 0.975 bits per heavy atom. The van der Waals surface area contributed by atoms with Crippen molar-refractivity contribution in [1.29, 1.82) is 0 Å². The molecule has 6 nitrogen and oxygen atoms in total. The molecule has 0 bridgehead atoms. The van der Waals surface area contributed by atoms with Gasteiger partial charge in [-0.1, -0.05) is 45.9 Å². The zero-order valence-corrected chi connectivity index (χ0v) is 24.1. The van der Waals surface area contributed by atoms with Gasteiger partial charge in [0.15, 0.2) is 11.6 Å². The lowest BCUT2D eigenvalue weighted by Crippen LogP contribution is -2.43. The van der Waals surface area contributed by atoms with Gasteiger partial charge in [-0.25, -0.2) is 8.78 Å². The second-order valence-electron chi connectivity index (χ2n) is 11.2. The fourth-order valence-corrected chi connectivity index (χ4v) is 4.99. The molecule has 3 atom stereocenters. The molecule has 0 heterocycles. The van der Waals surface area contributed by atoms with Crippen LogP contribution in [0.5, 0.6) is 0 Å². The number of nitrogens with one attached hydrogen (secondary N) is 2. The average molecular weight is 556 g/mol. The smallest absolute Gasteiger partial charge is 0.253 e. The Bertz CT molecular complexity index is 1160. The molecule has 0 radical (unpaired) electrons. The molecule has 2 N–H and O–H groups in total. The van der Waals surface area contributed by atoms with Crippen LogP contribution in [0.1, 0.15) is 86.1 Å². The molecule has 2 aromatic carbocycles. The normalized spacial score (nSPS) is 15.2. The summed E-state index contributed by atoms with van der Waals surface area (Å²) in [7, 11) is 0. The van der Waals surface area contributed by atoms with Crippen molar-refractivity contribution in [1.82, 2.24) is 15.5 Å². The van der Waals surface area contributed by atoms with E-state index in [-0.39, 0.29) is 35.6 Å². The van der Waals surface area contributed by atoms with Crippen molar-refractivity contribution in [2.75, 3.05) is 19.6 Å². The van der Waals surface area contributed by atoms with Crippen molar-refractivity contribution < 1.29 is 23.2 Å². The van der Waals surface area contributed by atoms with Crippen LogP contribution in [0.2, 0.25) is 0 Å². The highest BCUT2D eigenvalue weighted by atomic mass is 19.2. The van der Waals surface area contributed by atoms with Crippen LogP contribution in [0.4, 0.5) is 8.78 Å². The summed E-state index contributed by atoms with van der Waals surface area (Å²) in [6.45, 7) is 9.71. The highest BCUT2D eigenvalue weighted by molar-refractivity contribution is 5.99. The highest BCUT2D eigenvalue weighted by Crippen LogP contribution is 2.28. The summed E-state index contributed by atoms with van der Waals surface area (Å²) < 4.78 is 28.6. The number of hydrogen-bond donors (Lipinski definition) is 2. The Balaban J connectivity index is 1.78. The van der Waals surface area contributed by atoms with E-state index in [1.54, 1.807) is 29.2 Å². The minimum absolute atomic E-state index is 0.0457. The van der Waals surface area contributed by atoms with E-state index in [4.69, 9.17) is 0 Å². The molecule has 3 rings (SSSR count). The van der Waals surface area contributed by atoms with Gasteiger partial charge in [0.25, 0.3) is 11.8 Å². The molecule has 0 saturated heterocycles. The van der Waals surface area contributed by atoms with E-state index in [0.29, 0.717) is 43.1 Å². The first-order valence-electron chi connectivity index (χ1n) is 14.5. The van der Waals surface area contributed by atoms with Crippen LogP contribution in [-0.4, -0.2) is 48.3 Å². The lowest BCUT2D eigenvalue weighted by Gasteiger charge is -2.28. The molecular weight excluding hydrogens is 512 g/mol. The molecule has 1 aliphatic rings. The topological polar surface area (TPSA) is 78.5 Å². The average Bonchev–Trinajstić information content (AvgIpc) is 3.77. The number of carbonyl (C=O) groups excluding carboxylic acids is 3. The second-order valence-corrected chi connectivity index (χ2v) is 11.2. The number of carbonyl (C=O) groups is 3. The van der Waals surface area contributed by atoms with Crippen LogP contribution in [0.25, 0.3) is 0 Å². The zero-order chi connectivity index (χ0) is 29.2. The van der Waals surface area contributed by atoms with E-state index in [1.165, 1.54) is 12.1 Å². The SMILES string of the molecule is CCCN(CCC)C(=O)c1cccc(C(=O)N[C@@H](Cc2cccc(F)c2F)[C@@H](C)C[C@@H](C)C(=O)NCC2CC2)c1. The molecule has 0 aromatic heterocycles. The lowest BCUT2D eigenvalue weighted by molar-refractivity contribution is -0.125. The van der Waals surface area contributed by atoms with Crippen molar-refractivity contribution in [2.24, 2.45) is 17.8 Å². The molecule has 0 spiro atoms. The van der Waals surface area contributed by atoms with E-state index < -0.39 is 23.6 Å². The van der Waals surface area contributed by atoms with Gasteiger partial charge in [0, 0.05) is 42.7 Å². The molecule has 8 heteroatoms. The van der Waals surface area contributed by atoms with E-state index in [9.17, 15) is 23.2 Å². The first kappa shape index (κ1) is 31.2. The van der Waals surface area contributed by atoms with Crippen LogP contribution in [0.15, 0.2) is 42.5 Å². The number of halogens is 2. The van der Waals surface area contributed by atoms with Gasteiger partial charge in [0.05, 0.1) is 0 Å². The minimum Gasteiger partial charge on any atom is -0.356 e. The van der Waals surface area contributed by atoms with Crippen LogP contribution >= 0.6 is 0 Å². The highest BCUT2D eigenvalue weighted by Gasteiger charge is 2.28. The van der Waals surface area contributed by atoms with Crippen molar-refractivity contribution in [3.05, 3.63) is 70.8 Å². The van der Waals surface area contributed by atoms with Gasteiger partial charge in [0.1, 0.15) is 0 Å². The standard InChI is InChI=1S/C32H43F2N3O3/c1-5-15-37(16-6-2)32(40)26-11-7-10-25(18-26)31(39)36-28(19-24-9-8-12-27(33)29(24)34)21(3)17-22(4)30(38)35-20-23-13-14-23/h7-12,18,21-23,28H,5-6,13-17,19-20H2,1-4H3,(H,35,38)(H,36,39)/t21-,22+,28-/m0/s1. The third kappa shape index (κ3) is 8.86. The van der Waals surface area contributed by atoms with Crippen molar-refractivity contribution in [3.63, 3.8) is 0 Å². The first-order chi connectivity index (χ1) is 19.1. The minimum atomic E-state index is -0.946. The maximum absolute atomic E-state index is 14.6. The van der Waals surface area contributed by atoms with Crippen LogP contribution in [0, 0.1) is 29.4 Å². The lowest BCUT2D eigenvalue weighted by atomic mass is 9.87. The summed E-state index contributed by atoms with van der Waals surface area (Å²) in [4.78, 5) is 40.9. The van der Waals surface area contributed by atoms with Crippen molar-refractivity contribution in [2.45, 2.75) is 72.3 Å². The number of hydrogen-bond acceptors (Lipinski definition) is 3. The van der Waals surface area contributed by atoms with Gasteiger partial charge >= 0.3 is 0 Å². The van der Waals surface area contributed by atoms with Crippen LogP contribution in [0.3, 0.4) is 0 Å². The molecule has 1 fully saturated rings. The Morgan fingerprint density at radius 2 is 1.62 bits per heavy atom. The van der Waals surface area contributed by atoms with Crippen molar-refractivity contribution >= 4 is 17.7 Å².